The van der Waals surface area contributed by atoms with Gasteiger partial charge < -0.3 is 4.74 Å². The second kappa shape index (κ2) is 11.7. The number of carbonyl (C=O) groups excluding carboxylic acids is 1. The number of aliphatic imine (C=N–C) groups is 1. The first kappa shape index (κ1) is 25.8. The van der Waals surface area contributed by atoms with Gasteiger partial charge in [-0.25, -0.2) is 4.99 Å². The van der Waals surface area contributed by atoms with Crippen LogP contribution in [0.25, 0.3) is 6.08 Å². The number of thioether (sulfide) groups is 1. The van der Waals surface area contributed by atoms with E-state index in [2.05, 4.69) is 31.9 Å². The van der Waals surface area contributed by atoms with E-state index < -0.39 is 0 Å². The summed E-state index contributed by atoms with van der Waals surface area (Å²) in [6.45, 7) is 0.328. The predicted molar refractivity (Wildman–Crippen MR) is 161 cm³/mol. The molecule has 0 unspecified atom stereocenters. The van der Waals surface area contributed by atoms with Crippen molar-refractivity contribution in [1.29, 1.82) is 0 Å². The topological polar surface area (TPSA) is 41.9 Å². The van der Waals surface area contributed by atoms with E-state index in [0.29, 0.717) is 27.5 Å². The molecule has 1 saturated heterocycles. The van der Waals surface area contributed by atoms with Crippen molar-refractivity contribution in [3.8, 4) is 5.75 Å². The van der Waals surface area contributed by atoms with Crippen molar-refractivity contribution in [3.63, 3.8) is 0 Å². The molecule has 1 aliphatic rings. The maximum atomic E-state index is 13.7. The fourth-order valence-corrected chi connectivity index (χ4v) is 6.31. The zero-order valence-corrected chi connectivity index (χ0v) is 24.0. The lowest BCUT2D eigenvalue weighted by molar-refractivity contribution is -0.113. The molecule has 1 heterocycles. The number of carbonyl (C=O) groups is 1. The van der Waals surface area contributed by atoms with Crippen LogP contribution < -0.4 is 9.64 Å². The molecule has 0 aliphatic carbocycles. The van der Waals surface area contributed by atoms with Crippen molar-refractivity contribution < 1.29 is 9.53 Å². The van der Waals surface area contributed by atoms with Crippen LogP contribution in [0.1, 0.15) is 11.1 Å². The largest absolute Gasteiger partial charge is 0.487 e. The van der Waals surface area contributed by atoms with E-state index in [-0.39, 0.29) is 5.91 Å². The van der Waals surface area contributed by atoms with Gasteiger partial charge in [0.15, 0.2) is 5.17 Å². The summed E-state index contributed by atoms with van der Waals surface area (Å²) in [5.41, 5.74) is 3.23. The average molecular weight is 655 g/mol. The second-order valence-corrected chi connectivity index (χ2v) is 11.3. The van der Waals surface area contributed by atoms with Gasteiger partial charge in [0, 0.05) is 15.1 Å². The lowest BCUT2D eigenvalue weighted by Gasteiger charge is -2.15. The Balaban J connectivity index is 1.53. The summed E-state index contributed by atoms with van der Waals surface area (Å²) >= 11 is 14.7. The van der Waals surface area contributed by atoms with Crippen molar-refractivity contribution in [2.24, 2.45) is 4.99 Å². The van der Waals surface area contributed by atoms with Crippen LogP contribution in [0.2, 0.25) is 5.02 Å². The SMILES string of the molecule is O=C1/C(=C\c2cc(Br)cc(Br)c2OCc2cccc(Cl)c2)SC(=Nc2ccccc2)N1c1ccccc1. The molecule has 0 radical (unpaired) electrons. The van der Waals surface area contributed by atoms with Gasteiger partial charge in [-0.1, -0.05) is 76.1 Å². The Kier molecular flexibility index (Phi) is 8.15. The molecule has 8 heteroatoms. The summed E-state index contributed by atoms with van der Waals surface area (Å²) in [6, 6.07) is 30.5. The van der Waals surface area contributed by atoms with Gasteiger partial charge in [-0.15, -0.1) is 0 Å². The number of halogens is 3. The van der Waals surface area contributed by atoms with Crippen LogP contribution in [0.5, 0.6) is 5.75 Å². The van der Waals surface area contributed by atoms with Gasteiger partial charge in [-0.2, -0.15) is 0 Å². The van der Waals surface area contributed by atoms with Crippen molar-refractivity contribution in [2.75, 3.05) is 4.90 Å². The van der Waals surface area contributed by atoms with E-state index in [9.17, 15) is 4.79 Å². The van der Waals surface area contributed by atoms with E-state index in [1.807, 2.05) is 103 Å². The standard InChI is InChI=1S/C29H19Br2ClN2O2S/c30-21-15-20(27(25(31)17-21)36-18-19-8-7-9-22(32)14-19)16-26-28(35)34(24-12-5-2-6-13-24)29(37-26)33-23-10-3-1-4-11-23/h1-17H,18H2/b26-16+,33-29?. The lowest BCUT2D eigenvalue weighted by Crippen LogP contribution is -2.28. The summed E-state index contributed by atoms with van der Waals surface area (Å²) < 4.78 is 7.83. The molecule has 0 N–H and O–H groups in total. The van der Waals surface area contributed by atoms with Crippen LogP contribution in [0.15, 0.2) is 116 Å². The molecule has 0 bridgehead atoms. The third-order valence-electron chi connectivity index (χ3n) is 5.40. The summed E-state index contributed by atoms with van der Waals surface area (Å²) in [5, 5.41) is 1.24. The smallest absolute Gasteiger partial charge is 0.271 e. The van der Waals surface area contributed by atoms with Gasteiger partial charge in [0.05, 0.1) is 20.8 Å². The molecule has 0 saturated carbocycles. The number of hydrogen-bond donors (Lipinski definition) is 0. The first-order chi connectivity index (χ1) is 18.0. The van der Waals surface area contributed by atoms with Crippen LogP contribution in [0.4, 0.5) is 11.4 Å². The number of para-hydroxylation sites is 2. The van der Waals surface area contributed by atoms with Crippen molar-refractivity contribution in [3.05, 3.63) is 127 Å². The molecule has 1 fully saturated rings. The molecule has 0 atom stereocenters. The molecule has 4 aromatic carbocycles. The zero-order chi connectivity index (χ0) is 25.8. The third kappa shape index (κ3) is 6.18. The molecule has 4 nitrogen and oxygen atoms in total. The number of anilines is 1. The molecular weight excluding hydrogens is 636 g/mol. The molecule has 1 aliphatic heterocycles. The Hall–Kier alpha value is -2.84. The van der Waals surface area contributed by atoms with Gasteiger partial charge in [0.2, 0.25) is 0 Å². The monoisotopic (exact) mass is 652 g/mol. The summed E-state index contributed by atoms with van der Waals surface area (Å²) in [7, 11) is 0. The molecule has 0 spiro atoms. The van der Waals surface area contributed by atoms with Crippen molar-refractivity contribution >= 4 is 83.7 Å². The minimum atomic E-state index is -0.150. The highest BCUT2D eigenvalue weighted by atomic mass is 79.9. The van der Waals surface area contributed by atoms with Crippen LogP contribution in [-0.2, 0) is 11.4 Å². The molecule has 0 aromatic heterocycles. The number of benzene rings is 4. The predicted octanol–water partition coefficient (Wildman–Crippen LogP) is 9.25. The lowest BCUT2D eigenvalue weighted by atomic mass is 10.1. The third-order valence-corrected chi connectivity index (χ3v) is 7.65. The van der Waals surface area contributed by atoms with Gasteiger partial charge in [-0.05, 0) is 87.9 Å². The van der Waals surface area contributed by atoms with E-state index in [4.69, 9.17) is 21.3 Å². The summed E-state index contributed by atoms with van der Waals surface area (Å²) in [4.78, 5) is 20.6. The Morgan fingerprint density at radius 1 is 0.919 bits per heavy atom. The van der Waals surface area contributed by atoms with Gasteiger partial charge >= 0.3 is 0 Å². The number of nitrogens with zero attached hydrogens (tertiary/aromatic N) is 2. The van der Waals surface area contributed by atoms with Crippen LogP contribution in [0.3, 0.4) is 0 Å². The number of rotatable bonds is 6. The zero-order valence-electron chi connectivity index (χ0n) is 19.3. The number of amides is 1. The highest BCUT2D eigenvalue weighted by molar-refractivity contribution is 9.11. The maximum absolute atomic E-state index is 13.7. The fourth-order valence-electron chi connectivity index (χ4n) is 3.73. The van der Waals surface area contributed by atoms with Gasteiger partial charge in [0.25, 0.3) is 5.91 Å². The quantitative estimate of drug-likeness (QED) is 0.195. The summed E-state index contributed by atoms with van der Waals surface area (Å²) in [6.07, 6.45) is 1.85. The first-order valence-electron chi connectivity index (χ1n) is 11.3. The average Bonchev–Trinajstić information content (AvgIpc) is 3.18. The van der Waals surface area contributed by atoms with E-state index in [1.165, 1.54) is 11.8 Å². The second-order valence-electron chi connectivity index (χ2n) is 8.04. The highest BCUT2D eigenvalue weighted by Gasteiger charge is 2.35. The minimum Gasteiger partial charge on any atom is -0.487 e. The molecule has 4 aromatic rings. The maximum Gasteiger partial charge on any atom is 0.271 e. The Morgan fingerprint density at radius 2 is 1.65 bits per heavy atom. The van der Waals surface area contributed by atoms with Crippen LogP contribution in [0, 0.1) is 0 Å². The van der Waals surface area contributed by atoms with Gasteiger partial charge in [-0.3, -0.25) is 9.69 Å². The molecular formula is C29H19Br2ClN2O2S. The van der Waals surface area contributed by atoms with Crippen molar-refractivity contribution in [2.45, 2.75) is 6.61 Å². The van der Waals surface area contributed by atoms with Gasteiger partial charge in [0.1, 0.15) is 12.4 Å². The number of hydrogen-bond acceptors (Lipinski definition) is 4. The Labute approximate surface area is 241 Å². The van der Waals surface area contributed by atoms with Crippen LogP contribution >= 0.6 is 55.2 Å². The van der Waals surface area contributed by atoms with Crippen LogP contribution in [-0.4, -0.2) is 11.1 Å². The van der Waals surface area contributed by atoms with E-state index in [0.717, 1.165) is 31.4 Å². The Bertz CT molecular complexity index is 1510. The number of ether oxygens (including phenoxy) is 1. The molecule has 1 amide bonds. The Morgan fingerprint density at radius 3 is 2.38 bits per heavy atom. The van der Waals surface area contributed by atoms with E-state index in [1.54, 1.807) is 4.90 Å². The molecule has 184 valence electrons. The minimum absolute atomic E-state index is 0.150. The summed E-state index contributed by atoms with van der Waals surface area (Å²) in [5.74, 6) is 0.478. The molecule has 5 rings (SSSR count). The number of amidine groups is 1. The normalized spacial score (nSPS) is 15.5. The first-order valence-corrected chi connectivity index (χ1v) is 14.0. The van der Waals surface area contributed by atoms with E-state index >= 15 is 0 Å². The fraction of sp³-hybridized carbons (Fsp3) is 0.0345. The molecule has 37 heavy (non-hydrogen) atoms. The van der Waals surface area contributed by atoms with Crippen molar-refractivity contribution in [1.82, 2.24) is 0 Å². The highest BCUT2D eigenvalue weighted by Crippen LogP contribution is 2.40.